The minimum absolute atomic E-state index is 0.000805. The van der Waals surface area contributed by atoms with Gasteiger partial charge in [-0.05, 0) is 36.6 Å². The third-order valence-electron chi connectivity index (χ3n) is 2.61. The number of nitrogens with one attached hydrogen (secondary N) is 1. The quantitative estimate of drug-likeness (QED) is 0.760. The summed E-state index contributed by atoms with van der Waals surface area (Å²) in [6.07, 6.45) is 4.66. The molecule has 1 fully saturated rings. The molecule has 5 nitrogen and oxygen atoms in total. The Morgan fingerprint density at radius 3 is 2.58 bits per heavy atom. The van der Waals surface area contributed by atoms with Gasteiger partial charge in [-0.3, -0.25) is 4.79 Å². The molecule has 0 atom stereocenters. The maximum atomic E-state index is 11.4. The van der Waals surface area contributed by atoms with E-state index in [2.05, 4.69) is 5.32 Å². The first-order valence-corrected chi connectivity index (χ1v) is 6.07. The lowest BCUT2D eigenvalue weighted by Gasteiger charge is -2.06. The number of benzene rings is 1. The summed E-state index contributed by atoms with van der Waals surface area (Å²) in [6, 6.07) is 7.19. The number of carboxylic acids is 1. The Balaban J connectivity index is 1.80. The van der Waals surface area contributed by atoms with Crippen molar-refractivity contribution in [2.45, 2.75) is 18.9 Å². The van der Waals surface area contributed by atoms with Gasteiger partial charge < -0.3 is 15.2 Å². The maximum Gasteiger partial charge on any atom is 0.328 e. The fourth-order valence-corrected chi connectivity index (χ4v) is 1.49. The number of carboxylic acid groups (broad SMARTS) is 1. The summed E-state index contributed by atoms with van der Waals surface area (Å²) in [6.45, 7) is 0.000805. The summed E-state index contributed by atoms with van der Waals surface area (Å²) >= 11 is 0. The van der Waals surface area contributed by atoms with E-state index >= 15 is 0 Å². The van der Waals surface area contributed by atoms with Gasteiger partial charge in [0.05, 0.1) is 0 Å². The van der Waals surface area contributed by atoms with Gasteiger partial charge in [-0.2, -0.15) is 0 Å². The fourth-order valence-electron chi connectivity index (χ4n) is 1.49. The second-order valence-corrected chi connectivity index (χ2v) is 4.37. The SMILES string of the molecule is O=C(O)/C=C/c1ccc(OCC(=O)NC2CC2)cc1. The highest BCUT2D eigenvalue weighted by molar-refractivity contribution is 5.85. The molecule has 2 rings (SSSR count). The number of amides is 1. The Kier molecular flexibility index (Phi) is 4.18. The highest BCUT2D eigenvalue weighted by Gasteiger charge is 2.23. The molecule has 1 aromatic rings. The molecule has 19 heavy (non-hydrogen) atoms. The van der Waals surface area contributed by atoms with Gasteiger partial charge in [-0.25, -0.2) is 4.79 Å². The van der Waals surface area contributed by atoms with Crippen LogP contribution in [0.4, 0.5) is 0 Å². The van der Waals surface area contributed by atoms with E-state index in [-0.39, 0.29) is 12.5 Å². The smallest absolute Gasteiger partial charge is 0.328 e. The van der Waals surface area contributed by atoms with Crippen molar-refractivity contribution in [2.24, 2.45) is 0 Å². The van der Waals surface area contributed by atoms with Gasteiger partial charge in [0.1, 0.15) is 5.75 Å². The van der Waals surface area contributed by atoms with Crippen LogP contribution in [0.25, 0.3) is 6.08 Å². The number of hydrogen-bond donors (Lipinski definition) is 2. The Bertz CT molecular complexity index is 489. The molecule has 1 amide bonds. The molecule has 2 N–H and O–H groups in total. The Hall–Kier alpha value is -2.30. The van der Waals surface area contributed by atoms with Gasteiger partial charge in [-0.1, -0.05) is 12.1 Å². The summed E-state index contributed by atoms with van der Waals surface area (Å²) in [5.41, 5.74) is 0.761. The Morgan fingerprint density at radius 2 is 2.00 bits per heavy atom. The van der Waals surface area contributed by atoms with Crippen LogP contribution in [0.1, 0.15) is 18.4 Å². The first-order valence-electron chi connectivity index (χ1n) is 6.07. The number of rotatable bonds is 6. The minimum Gasteiger partial charge on any atom is -0.484 e. The van der Waals surface area contributed by atoms with Crippen molar-refractivity contribution in [1.29, 1.82) is 0 Å². The van der Waals surface area contributed by atoms with Crippen molar-refractivity contribution in [3.05, 3.63) is 35.9 Å². The molecule has 1 aliphatic rings. The van der Waals surface area contributed by atoms with Crippen LogP contribution in [0.5, 0.6) is 5.75 Å². The molecule has 0 heterocycles. The lowest BCUT2D eigenvalue weighted by Crippen LogP contribution is -2.30. The van der Waals surface area contributed by atoms with Crippen molar-refractivity contribution in [1.82, 2.24) is 5.32 Å². The zero-order valence-corrected chi connectivity index (χ0v) is 10.3. The van der Waals surface area contributed by atoms with Gasteiger partial charge in [0.15, 0.2) is 6.61 Å². The summed E-state index contributed by atoms with van der Waals surface area (Å²) in [5.74, 6) is -0.521. The van der Waals surface area contributed by atoms with Crippen LogP contribution in [0.15, 0.2) is 30.3 Å². The van der Waals surface area contributed by atoms with Crippen LogP contribution in [0.2, 0.25) is 0 Å². The highest BCUT2D eigenvalue weighted by atomic mass is 16.5. The van der Waals surface area contributed by atoms with E-state index in [0.29, 0.717) is 11.8 Å². The number of aliphatic carboxylic acids is 1. The molecule has 1 saturated carbocycles. The first kappa shape index (κ1) is 13.1. The van der Waals surface area contributed by atoms with Crippen molar-refractivity contribution >= 4 is 18.0 Å². The molecular weight excluding hydrogens is 246 g/mol. The summed E-state index contributed by atoms with van der Waals surface area (Å²) in [4.78, 5) is 21.8. The van der Waals surface area contributed by atoms with Gasteiger partial charge in [-0.15, -0.1) is 0 Å². The second-order valence-electron chi connectivity index (χ2n) is 4.37. The van der Waals surface area contributed by atoms with Crippen molar-refractivity contribution in [2.75, 3.05) is 6.61 Å². The van der Waals surface area contributed by atoms with Crippen LogP contribution in [0.3, 0.4) is 0 Å². The van der Waals surface area contributed by atoms with Crippen LogP contribution in [-0.4, -0.2) is 29.6 Å². The van der Waals surface area contributed by atoms with E-state index in [9.17, 15) is 9.59 Å². The molecule has 1 aliphatic carbocycles. The van der Waals surface area contributed by atoms with Crippen molar-refractivity contribution in [3.8, 4) is 5.75 Å². The normalized spacial score (nSPS) is 14.3. The average Bonchev–Trinajstić information content (AvgIpc) is 3.19. The molecule has 0 aliphatic heterocycles. The molecule has 0 unspecified atom stereocenters. The molecule has 5 heteroatoms. The molecular formula is C14H15NO4. The zero-order chi connectivity index (χ0) is 13.7. The van der Waals surface area contributed by atoms with E-state index in [1.807, 2.05) is 0 Å². The van der Waals surface area contributed by atoms with Crippen molar-refractivity contribution in [3.63, 3.8) is 0 Å². The number of carbonyl (C=O) groups is 2. The zero-order valence-electron chi connectivity index (χ0n) is 10.3. The van der Waals surface area contributed by atoms with E-state index in [4.69, 9.17) is 9.84 Å². The third kappa shape index (κ3) is 4.83. The van der Waals surface area contributed by atoms with Crippen LogP contribution in [-0.2, 0) is 9.59 Å². The van der Waals surface area contributed by atoms with E-state index in [1.165, 1.54) is 6.08 Å². The van der Waals surface area contributed by atoms with Gasteiger partial charge >= 0.3 is 5.97 Å². The third-order valence-corrected chi connectivity index (χ3v) is 2.61. The predicted molar refractivity (Wildman–Crippen MR) is 69.8 cm³/mol. The molecule has 0 bridgehead atoms. The van der Waals surface area contributed by atoms with E-state index < -0.39 is 5.97 Å². The second kappa shape index (κ2) is 6.04. The highest BCUT2D eigenvalue weighted by Crippen LogP contribution is 2.18. The van der Waals surface area contributed by atoms with E-state index in [0.717, 1.165) is 24.5 Å². The van der Waals surface area contributed by atoms with Crippen LogP contribution in [0, 0.1) is 0 Å². The lowest BCUT2D eigenvalue weighted by atomic mass is 10.2. The number of hydrogen-bond acceptors (Lipinski definition) is 3. The summed E-state index contributed by atoms with van der Waals surface area (Å²) in [7, 11) is 0. The van der Waals surface area contributed by atoms with Crippen molar-refractivity contribution < 1.29 is 19.4 Å². The average molecular weight is 261 g/mol. The molecule has 0 saturated heterocycles. The maximum absolute atomic E-state index is 11.4. The van der Waals surface area contributed by atoms with Crippen LogP contribution >= 0.6 is 0 Å². The van der Waals surface area contributed by atoms with Gasteiger partial charge in [0.2, 0.25) is 0 Å². The number of carbonyl (C=O) groups excluding carboxylic acids is 1. The first-order chi connectivity index (χ1) is 9.13. The Morgan fingerprint density at radius 1 is 1.32 bits per heavy atom. The molecule has 100 valence electrons. The lowest BCUT2D eigenvalue weighted by molar-refractivity contribution is -0.131. The molecule has 1 aromatic carbocycles. The Labute approximate surface area is 110 Å². The standard InChI is InChI=1S/C14H15NO4/c16-13(15-11-4-5-11)9-19-12-6-1-10(2-7-12)3-8-14(17)18/h1-3,6-8,11H,4-5,9H2,(H,15,16)(H,17,18)/b8-3+. The summed E-state index contributed by atoms with van der Waals surface area (Å²) in [5, 5.41) is 11.3. The van der Waals surface area contributed by atoms with E-state index in [1.54, 1.807) is 24.3 Å². The van der Waals surface area contributed by atoms with Gasteiger partial charge in [0.25, 0.3) is 5.91 Å². The molecule has 0 aromatic heterocycles. The monoisotopic (exact) mass is 261 g/mol. The minimum atomic E-state index is -0.989. The predicted octanol–water partition coefficient (Wildman–Crippen LogP) is 1.44. The molecule has 0 spiro atoms. The molecule has 0 radical (unpaired) electrons. The summed E-state index contributed by atoms with van der Waals surface area (Å²) < 4.78 is 5.32. The topological polar surface area (TPSA) is 75.6 Å². The van der Waals surface area contributed by atoms with Gasteiger partial charge in [0, 0.05) is 12.1 Å². The fraction of sp³-hybridized carbons (Fsp3) is 0.286. The largest absolute Gasteiger partial charge is 0.484 e. The van der Waals surface area contributed by atoms with Crippen LogP contribution < -0.4 is 10.1 Å². The number of ether oxygens (including phenoxy) is 1.